The van der Waals surface area contributed by atoms with Crippen LogP contribution in [0.15, 0.2) is 77.7 Å². The molecule has 0 spiro atoms. The van der Waals surface area contributed by atoms with Gasteiger partial charge in [-0.2, -0.15) is 4.31 Å². The van der Waals surface area contributed by atoms with E-state index in [0.29, 0.717) is 5.56 Å². The summed E-state index contributed by atoms with van der Waals surface area (Å²) in [6, 6.07) is 18.0. The second-order valence-corrected chi connectivity index (χ2v) is 8.62. The van der Waals surface area contributed by atoms with Gasteiger partial charge in [-0.15, -0.1) is 0 Å². The molecule has 30 heavy (non-hydrogen) atoms. The summed E-state index contributed by atoms with van der Waals surface area (Å²) >= 11 is 0. The topological polar surface area (TPSA) is 101 Å². The normalized spacial score (nSPS) is 15.0. The number of urea groups is 1. The van der Waals surface area contributed by atoms with E-state index in [1.165, 1.54) is 23.1 Å². The van der Waals surface area contributed by atoms with Crippen LogP contribution in [0.2, 0.25) is 0 Å². The Labute approximate surface area is 173 Å². The van der Waals surface area contributed by atoms with E-state index in [2.05, 4.69) is 0 Å². The van der Waals surface area contributed by atoms with Gasteiger partial charge in [0.1, 0.15) is 4.90 Å². The lowest BCUT2D eigenvalue weighted by atomic mass is 10.1. The van der Waals surface area contributed by atoms with Crippen molar-refractivity contribution >= 4 is 33.1 Å². The highest BCUT2D eigenvalue weighted by atomic mass is 32.2. The van der Waals surface area contributed by atoms with Crippen molar-refractivity contribution in [2.24, 2.45) is 0 Å². The summed E-state index contributed by atoms with van der Waals surface area (Å²) in [5.74, 6) is 0. The second-order valence-electron chi connectivity index (χ2n) is 6.86. The lowest BCUT2D eigenvalue weighted by Crippen LogP contribution is -2.50. The zero-order valence-electron chi connectivity index (χ0n) is 15.9. The molecule has 1 aliphatic heterocycles. The minimum Gasteiger partial charge on any atom is -0.287 e. The van der Waals surface area contributed by atoms with Crippen molar-refractivity contribution in [3.05, 3.63) is 94.0 Å². The summed E-state index contributed by atoms with van der Waals surface area (Å²) in [4.78, 5) is 25.1. The predicted molar refractivity (Wildman–Crippen MR) is 112 cm³/mol. The van der Waals surface area contributed by atoms with Crippen LogP contribution >= 0.6 is 0 Å². The molecule has 0 radical (unpaired) electrons. The van der Waals surface area contributed by atoms with Gasteiger partial charge in [0.25, 0.3) is 15.7 Å². The first-order chi connectivity index (χ1) is 14.3. The molecule has 8 nitrogen and oxygen atoms in total. The molecule has 9 heteroatoms. The number of benzene rings is 3. The Balaban J connectivity index is 1.80. The van der Waals surface area contributed by atoms with Gasteiger partial charge in [0, 0.05) is 12.1 Å². The fourth-order valence-corrected chi connectivity index (χ4v) is 4.89. The maximum atomic E-state index is 13.3. The van der Waals surface area contributed by atoms with Crippen LogP contribution < -0.4 is 9.21 Å². The summed E-state index contributed by atoms with van der Waals surface area (Å²) in [6.07, 6.45) is 0. The van der Waals surface area contributed by atoms with Gasteiger partial charge in [0.05, 0.1) is 22.8 Å². The third-order valence-electron chi connectivity index (χ3n) is 4.84. The number of carbonyl (C=O) groups is 1. The van der Waals surface area contributed by atoms with E-state index < -0.39 is 21.0 Å². The number of hydrogen-bond donors (Lipinski definition) is 0. The number of nitro groups is 1. The highest BCUT2D eigenvalue weighted by Gasteiger charge is 2.42. The molecule has 152 valence electrons. The first kappa shape index (κ1) is 19.6. The van der Waals surface area contributed by atoms with Crippen LogP contribution in [0, 0.1) is 17.0 Å². The summed E-state index contributed by atoms with van der Waals surface area (Å²) in [5, 5.41) is 10.9. The molecule has 3 aromatic carbocycles. The third-order valence-corrected chi connectivity index (χ3v) is 6.58. The Kier molecular flexibility index (Phi) is 4.75. The molecule has 4 rings (SSSR count). The fraction of sp³-hybridized carbons (Fsp3) is 0.0952. The van der Waals surface area contributed by atoms with Gasteiger partial charge in [-0.25, -0.2) is 13.2 Å². The van der Waals surface area contributed by atoms with E-state index in [0.717, 1.165) is 9.87 Å². The van der Waals surface area contributed by atoms with E-state index in [9.17, 15) is 23.3 Å². The van der Waals surface area contributed by atoms with Crippen LogP contribution in [0.4, 0.5) is 21.9 Å². The molecule has 1 aliphatic rings. The molecule has 0 aliphatic carbocycles. The number of para-hydroxylation sites is 1. The molecule has 0 saturated heterocycles. The van der Waals surface area contributed by atoms with E-state index >= 15 is 0 Å². The van der Waals surface area contributed by atoms with Crippen molar-refractivity contribution in [2.45, 2.75) is 18.4 Å². The zero-order valence-corrected chi connectivity index (χ0v) is 16.7. The first-order valence-corrected chi connectivity index (χ1v) is 10.5. The second kappa shape index (κ2) is 7.27. The molecule has 0 N–H and O–H groups in total. The molecule has 2 amide bonds. The standard InChI is InChI=1S/C21H17N3O5S/c1-15-6-10-17(11-7-15)23-21(25)22(14-16-8-12-18(13-9-16)24(26)27)19-4-2-3-5-20(19)30(23,28)29/h2-13H,14H2,1H3. The smallest absolute Gasteiger partial charge is 0.287 e. The summed E-state index contributed by atoms with van der Waals surface area (Å²) < 4.78 is 27.2. The van der Waals surface area contributed by atoms with Gasteiger partial charge in [-0.1, -0.05) is 42.0 Å². The lowest BCUT2D eigenvalue weighted by Gasteiger charge is -2.36. The van der Waals surface area contributed by atoms with Gasteiger partial charge in [0.15, 0.2) is 0 Å². The Hall–Kier alpha value is -3.72. The largest absolute Gasteiger partial charge is 0.343 e. The summed E-state index contributed by atoms with van der Waals surface area (Å²) in [5.41, 5.74) is 2.02. The molecule has 1 heterocycles. The average molecular weight is 423 g/mol. The van der Waals surface area contributed by atoms with Crippen molar-refractivity contribution < 1.29 is 18.1 Å². The van der Waals surface area contributed by atoms with Crippen LogP contribution in [-0.4, -0.2) is 19.4 Å². The van der Waals surface area contributed by atoms with Crippen molar-refractivity contribution in [1.29, 1.82) is 0 Å². The van der Waals surface area contributed by atoms with Crippen molar-refractivity contribution in [2.75, 3.05) is 9.21 Å². The van der Waals surface area contributed by atoms with Gasteiger partial charge in [0.2, 0.25) is 0 Å². The van der Waals surface area contributed by atoms with Gasteiger partial charge < -0.3 is 0 Å². The SMILES string of the molecule is Cc1ccc(N2C(=O)N(Cc3ccc([N+](=O)[O-])cc3)c3ccccc3S2(=O)=O)cc1. The molecule has 0 fully saturated rings. The number of rotatable bonds is 4. The average Bonchev–Trinajstić information content (AvgIpc) is 2.73. The maximum Gasteiger partial charge on any atom is 0.343 e. The quantitative estimate of drug-likeness (QED) is 0.461. The van der Waals surface area contributed by atoms with Gasteiger partial charge >= 0.3 is 6.03 Å². The monoisotopic (exact) mass is 423 g/mol. The van der Waals surface area contributed by atoms with E-state index in [1.54, 1.807) is 54.6 Å². The van der Waals surface area contributed by atoms with Crippen molar-refractivity contribution in [1.82, 2.24) is 0 Å². The number of nitro benzene ring substituents is 1. The Morgan fingerprint density at radius 2 is 1.57 bits per heavy atom. The third kappa shape index (κ3) is 3.29. The summed E-state index contributed by atoms with van der Waals surface area (Å²) in [6.45, 7) is 1.93. The number of non-ortho nitro benzene ring substituents is 1. The zero-order chi connectivity index (χ0) is 21.5. The number of nitrogens with zero attached hydrogens (tertiary/aromatic N) is 3. The molecular weight excluding hydrogens is 406 g/mol. The van der Waals surface area contributed by atoms with Crippen LogP contribution in [-0.2, 0) is 16.6 Å². The van der Waals surface area contributed by atoms with Gasteiger partial charge in [-0.3, -0.25) is 15.0 Å². The van der Waals surface area contributed by atoms with Crippen LogP contribution in [0.25, 0.3) is 0 Å². The molecular formula is C21H17N3O5S. The molecule has 3 aromatic rings. The number of amides is 2. The summed E-state index contributed by atoms with van der Waals surface area (Å²) in [7, 11) is -4.09. The van der Waals surface area contributed by atoms with E-state index in [4.69, 9.17) is 0 Å². The van der Waals surface area contributed by atoms with Gasteiger partial charge in [-0.05, 0) is 36.8 Å². The number of sulfonamides is 1. The molecule has 0 unspecified atom stereocenters. The van der Waals surface area contributed by atoms with Crippen molar-refractivity contribution in [3.8, 4) is 0 Å². The number of anilines is 2. The number of fused-ring (bicyclic) bond motifs is 1. The highest BCUT2D eigenvalue weighted by molar-refractivity contribution is 7.94. The van der Waals surface area contributed by atoms with Crippen LogP contribution in [0.3, 0.4) is 0 Å². The molecule has 0 saturated carbocycles. The van der Waals surface area contributed by atoms with Crippen LogP contribution in [0.5, 0.6) is 0 Å². The van der Waals surface area contributed by atoms with E-state index in [-0.39, 0.29) is 28.5 Å². The van der Waals surface area contributed by atoms with Crippen molar-refractivity contribution in [3.63, 3.8) is 0 Å². The fourth-order valence-electron chi connectivity index (χ4n) is 3.30. The Morgan fingerprint density at radius 1 is 0.933 bits per heavy atom. The Bertz CT molecular complexity index is 1240. The molecule has 0 bridgehead atoms. The number of carbonyl (C=O) groups excluding carboxylic acids is 1. The minimum atomic E-state index is -4.09. The van der Waals surface area contributed by atoms with Crippen LogP contribution in [0.1, 0.15) is 11.1 Å². The molecule has 0 aromatic heterocycles. The highest BCUT2D eigenvalue weighted by Crippen LogP contribution is 2.38. The lowest BCUT2D eigenvalue weighted by molar-refractivity contribution is -0.384. The van der Waals surface area contributed by atoms with E-state index in [1.807, 2.05) is 6.92 Å². The number of hydrogen-bond acceptors (Lipinski definition) is 5. The first-order valence-electron chi connectivity index (χ1n) is 9.05. The molecule has 0 atom stereocenters. The number of aryl methyl sites for hydroxylation is 1. The maximum absolute atomic E-state index is 13.3. The predicted octanol–water partition coefficient (Wildman–Crippen LogP) is 4.24. The minimum absolute atomic E-state index is 0.0205. The Morgan fingerprint density at radius 3 is 2.20 bits per heavy atom.